The van der Waals surface area contributed by atoms with Crippen LogP contribution in [0.3, 0.4) is 0 Å². The van der Waals surface area contributed by atoms with Gasteiger partial charge < -0.3 is 4.98 Å². The molecule has 0 saturated heterocycles. The Labute approximate surface area is 154 Å². The Morgan fingerprint density at radius 3 is 2.67 bits per heavy atom. The van der Waals surface area contributed by atoms with Gasteiger partial charge in [-0.2, -0.15) is 5.10 Å². The monoisotopic (exact) mass is 360 g/mol. The van der Waals surface area contributed by atoms with E-state index in [1.165, 1.54) is 12.1 Å². The summed E-state index contributed by atoms with van der Waals surface area (Å²) < 4.78 is 15.0. The zero-order valence-electron chi connectivity index (χ0n) is 14.7. The van der Waals surface area contributed by atoms with E-state index in [1.807, 2.05) is 31.2 Å². The van der Waals surface area contributed by atoms with Gasteiger partial charge in [0.05, 0.1) is 28.0 Å². The van der Waals surface area contributed by atoms with Crippen molar-refractivity contribution in [2.45, 2.75) is 25.7 Å². The Hall–Kier alpha value is -3.28. The zero-order chi connectivity index (χ0) is 18.5. The number of aryl methyl sites for hydroxylation is 1. The first-order chi connectivity index (χ1) is 13.1. The standard InChI is InChI=1S/C21H17FN4O/c1-12-20-18(10-14(11-19(20)27)13-6-8-15(22)9-7-13)26(25-12)21-23-16-4-2-3-5-17(16)24-21/h2-9,14H,10-11H2,1H3,(H,23,24)/t14-/m0/s1. The average Bonchev–Trinajstić information content (AvgIpc) is 3.23. The molecular weight excluding hydrogens is 343 g/mol. The van der Waals surface area contributed by atoms with E-state index in [1.54, 1.807) is 16.8 Å². The number of fused-ring (bicyclic) bond motifs is 2. The minimum atomic E-state index is -0.273. The number of para-hydroxylation sites is 2. The lowest BCUT2D eigenvalue weighted by Gasteiger charge is -2.22. The summed E-state index contributed by atoms with van der Waals surface area (Å²) in [5.41, 5.74) is 5.00. The fourth-order valence-electron chi connectivity index (χ4n) is 3.94. The normalized spacial score (nSPS) is 16.7. The highest BCUT2D eigenvalue weighted by atomic mass is 19.1. The van der Waals surface area contributed by atoms with Crippen molar-refractivity contribution in [1.29, 1.82) is 0 Å². The van der Waals surface area contributed by atoms with Gasteiger partial charge in [-0.25, -0.2) is 14.1 Å². The summed E-state index contributed by atoms with van der Waals surface area (Å²) in [5, 5.41) is 4.59. The van der Waals surface area contributed by atoms with Gasteiger partial charge in [-0.3, -0.25) is 4.79 Å². The quantitative estimate of drug-likeness (QED) is 0.585. The van der Waals surface area contributed by atoms with Crippen LogP contribution in [0.25, 0.3) is 17.0 Å². The highest BCUT2D eigenvalue weighted by Crippen LogP contribution is 2.35. The van der Waals surface area contributed by atoms with Gasteiger partial charge in [0.25, 0.3) is 0 Å². The third kappa shape index (κ3) is 2.56. The molecule has 0 aliphatic heterocycles. The first-order valence-electron chi connectivity index (χ1n) is 8.92. The lowest BCUT2D eigenvalue weighted by Crippen LogP contribution is -2.21. The Morgan fingerprint density at radius 2 is 1.89 bits per heavy atom. The van der Waals surface area contributed by atoms with Crippen LogP contribution in [0, 0.1) is 12.7 Å². The molecule has 4 aromatic rings. The van der Waals surface area contributed by atoms with Crippen LogP contribution >= 0.6 is 0 Å². The summed E-state index contributed by atoms with van der Waals surface area (Å²) in [6, 6.07) is 14.2. The van der Waals surface area contributed by atoms with Gasteiger partial charge in [0.2, 0.25) is 5.95 Å². The number of hydrogen-bond acceptors (Lipinski definition) is 3. The van der Waals surface area contributed by atoms with Crippen LogP contribution < -0.4 is 0 Å². The van der Waals surface area contributed by atoms with Gasteiger partial charge in [0.15, 0.2) is 5.78 Å². The number of nitrogens with one attached hydrogen (secondary N) is 1. The lowest BCUT2D eigenvalue weighted by atomic mass is 9.81. The van der Waals surface area contributed by atoms with Crippen LogP contribution in [0.2, 0.25) is 0 Å². The van der Waals surface area contributed by atoms with Crippen LogP contribution in [0.15, 0.2) is 48.5 Å². The van der Waals surface area contributed by atoms with E-state index >= 15 is 0 Å². The number of nitrogens with zero attached hydrogens (tertiary/aromatic N) is 3. The fraction of sp³-hybridized carbons (Fsp3) is 0.190. The van der Waals surface area contributed by atoms with Crippen molar-refractivity contribution in [3.63, 3.8) is 0 Å². The van der Waals surface area contributed by atoms with Crippen molar-refractivity contribution in [2.24, 2.45) is 0 Å². The molecule has 2 aromatic carbocycles. The van der Waals surface area contributed by atoms with Gasteiger partial charge in [-0.15, -0.1) is 0 Å². The molecule has 5 rings (SSSR count). The molecule has 0 bridgehead atoms. The van der Waals surface area contributed by atoms with Crippen LogP contribution in [0.5, 0.6) is 0 Å². The minimum absolute atomic E-state index is 0.00447. The molecule has 0 amide bonds. The summed E-state index contributed by atoms with van der Waals surface area (Å²) in [4.78, 5) is 20.7. The number of benzene rings is 2. The van der Waals surface area contributed by atoms with Gasteiger partial charge >= 0.3 is 0 Å². The number of carbonyl (C=O) groups excluding carboxylic acids is 1. The third-order valence-electron chi connectivity index (χ3n) is 5.23. The molecule has 2 heterocycles. The second kappa shape index (κ2) is 5.87. The summed E-state index contributed by atoms with van der Waals surface area (Å²) >= 11 is 0. The largest absolute Gasteiger partial charge is 0.322 e. The highest BCUT2D eigenvalue weighted by molar-refractivity contribution is 6.00. The van der Waals surface area contributed by atoms with Crippen LogP contribution in [0.1, 0.15) is 39.6 Å². The minimum Gasteiger partial charge on any atom is -0.322 e. The van der Waals surface area contributed by atoms with Crippen molar-refractivity contribution in [3.05, 3.63) is 76.9 Å². The second-order valence-corrected chi connectivity index (χ2v) is 6.98. The molecule has 0 spiro atoms. The number of rotatable bonds is 2. The molecule has 134 valence electrons. The number of hydrogen-bond donors (Lipinski definition) is 1. The SMILES string of the molecule is Cc1nn(-c2nc3ccccc3[nH]2)c2c1C(=O)C[C@@H](c1ccc(F)cc1)C2. The van der Waals surface area contributed by atoms with Crippen molar-refractivity contribution < 1.29 is 9.18 Å². The van der Waals surface area contributed by atoms with Crippen molar-refractivity contribution in [1.82, 2.24) is 19.7 Å². The molecule has 0 unspecified atom stereocenters. The van der Waals surface area contributed by atoms with Crippen LogP contribution in [-0.4, -0.2) is 25.5 Å². The number of aromatic amines is 1. The smallest absolute Gasteiger partial charge is 0.229 e. The molecule has 1 atom stereocenters. The fourth-order valence-corrected chi connectivity index (χ4v) is 3.94. The van der Waals surface area contributed by atoms with Crippen LogP contribution in [-0.2, 0) is 6.42 Å². The number of ketones is 1. The van der Waals surface area contributed by atoms with Crippen molar-refractivity contribution >= 4 is 16.8 Å². The van der Waals surface area contributed by atoms with Crippen molar-refractivity contribution in [2.75, 3.05) is 0 Å². The molecule has 6 heteroatoms. The average molecular weight is 360 g/mol. The van der Waals surface area contributed by atoms with E-state index < -0.39 is 0 Å². The van der Waals surface area contributed by atoms with Crippen molar-refractivity contribution in [3.8, 4) is 5.95 Å². The van der Waals surface area contributed by atoms with Crippen LogP contribution in [0.4, 0.5) is 4.39 Å². The molecule has 1 aliphatic carbocycles. The van der Waals surface area contributed by atoms with Gasteiger partial charge in [0, 0.05) is 6.42 Å². The van der Waals surface area contributed by atoms with E-state index in [9.17, 15) is 9.18 Å². The first-order valence-corrected chi connectivity index (χ1v) is 8.92. The Kier molecular flexibility index (Phi) is 3.47. The van der Waals surface area contributed by atoms with Gasteiger partial charge in [-0.05, 0) is 49.1 Å². The highest BCUT2D eigenvalue weighted by Gasteiger charge is 2.32. The summed E-state index contributed by atoms with van der Waals surface area (Å²) in [6.45, 7) is 1.86. The maximum atomic E-state index is 13.3. The number of imidazole rings is 1. The molecule has 0 saturated carbocycles. The molecular formula is C21H17FN4O. The van der Waals surface area contributed by atoms with E-state index in [-0.39, 0.29) is 17.5 Å². The number of carbonyl (C=O) groups is 1. The zero-order valence-corrected chi connectivity index (χ0v) is 14.7. The lowest BCUT2D eigenvalue weighted by molar-refractivity contribution is 0.0963. The molecule has 2 aromatic heterocycles. The van der Waals surface area contributed by atoms with Gasteiger partial charge in [-0.1, -0.05) is 24.3 Å². The molecule has 0 radical (unpaired) electrons. The predicted molar refractivity (Wildman–Crippen MR) is 99.7 cm³/mol. The molecule has 5 nitrogen and oxygen atoms in total. The Balaban J connectivity index is 1.61. The number of aromatic nitrogens is 4. The van der Waals surface area contributed by atoms with E-state index in [4.69, 9.17) is 0 Å². The first kappa shape index (κ1) is 15.9. The molecule has 0 fully saturated rings. The molecule has 1 aliphatic rings. The predicted octanol–water partition coefficient (Wildman–Crippen LogP) is 4.11. The number of halogens is 1. The summed E-state index contributed by atoms with van der Waals surface area (Å²) in [7, 11) is 0. The Bertz CT molecular complexity index is 1140. The van der Waals surface area contributed by atoms with E-state index in [2.05, 4.69) is 15.1 Å². The maximum Gasteiger partial charge on any atom is 0.229 e. The summed E-state index contributed by atoms with van der Waals surface area (Å²) in [5.74, 6) is 0.410. The Morgan fingerprint density at radius 1 is 1.11 bits per heavy atom. The topological polar surface area (TPSA) is 63.6 Å². The summed E-state index contributed by atoms with van der Waals surface area (Å²) in [6.07, 6.45) is 1.07. The molecule has 1 N–H and O–H groups in total. The third-order valence-corrected chi connectivity index (χ3v) is 5.23. The second-order valence-electron chi connectivity index (χ2n) is 6.98. The van der Waals surface area contributed by atoms with E-state index in [0.717, 1.165) is 22.3 Å². The molecule has 27 heavy (non-hydrogen) atoms. The number of H-pyrrole nitrogens is 1. The number of Topliss-reactive ketones (excluding diaryl/α,β-unsaturated/α-hetero) is 1. The van der Waals surface area contributed by atoms with E-state index in [0.29, 0.717) is 30.0 Å². The maximum absolute atomic E-state index is 13.3. The van der Waals surface area contributed by atoms with Gasteiger partial charge in [0.1, 0.15) is 5.82 Å².